The van der Waals surface area contributed by atoms with Gasteiger partial charge in [-0.3, -0.25) is 0 Å². The van der Waals surface area contributed by atoms with Crippen LogP contribution >= 0.6 is 23.2 Å². The Hall–Kier alpha value is -2.63. The predicted molar refractivity (Wildman–Crippen MR) is 105 cm³/mol. The van der Waals surface area contributed by atoms with E-state index in [1.807, 2.05) is 43.3 Å². The van der Waals surface area contributed by atoms with E-state index in [0.29, 0.717) is 33.9 Å². The fraction of sp³-hybridized carbons (Fsp3) is 0.105. The molecule has 26 heavy (non-hydrogen) atoms. The zero-order valence-corrected chi connectivity index (χ0v) is 15.5. The molecule has 0 aliphatic carbocycles. The summed E-state index contributed by atoms with van der Waals surface area (Å²) in [6.07, 6.45) is 0. The standard InChI is InChI=1S/C19H15Cl2N5/c1-11-16-17(22)25-26(10-13-7-8-14(20)9-15(13)21)19(16)24-18(23-11)12-5-3-2-4-6-12/h2-9H,10H2,1H3,(H2,22,25). The lowest BCUT2D eigenvalue weighted by Gasteiger charge is -2.07. The Labute approximate surface area is 160 Å². The Morgan fingerprint density at radius 2 is 1.81 bits per heavy atom. The van der Waals surface area contributed by atoms with Crippen LogP contribution in [0.25, 0.3) is 22.4 Å². The zero-order chi connectivity index (χ0) is 18.3. The van der Waals surface area contributed by atoms with Crippen LogP contribution in [0.1, 0.15) is 11.3 Å². The first-order valence-electron chi connectivity index (χ1n) is 8.03. The van der Waals surface area contributed by atoms with Crippen LogP contribution in [0.3, 0.4) is 0 Å². The third kappa shape index (κ3) is 3.00. The first kappa shape index (κ1) is 16.8. The van der Waals surface area contributed by atoms with Crippen molar-refractivity contribution < 1.29 is 0 Å². The summed E-state index contributed by atoms with van der Waals surface area (Å²) in [6, 6.07) is 15.2. The lowest BCUT2D eigenvalue weighted by Crippen LogP contribution is -2.05. The van der Waals surface area contributed by atoms with Gasteiger partial charge in [-0.25, -0.2) is 14.6 Å². The molecule has 0 aliphatic rings. The molecular formula is C19H15Cl2N5. The third-order valence-electron chi connectivity index (χ3n) is 4.17. The van der Waals surface area contributed by atoms with Gasteiger partial charge in [0.1, 0.15) is 0 Å². The summed E-state index contributed by atoms with van der Waals surface area (Å²) < 4.78 is 1.75. The molecule has 0 saturated heterocycles. The molecule has 2 N–H and O–H groups in total. The van der Waals surface area contributed by atoms with Crippen LogP contribution in [0, 0.1) is 6.92 Å². The molecule has 0 saturated carbocycles. The van der Waals surface area contributed by atoms with Gasteiger partial charge >= 0.3 is 0 Å². The number of rotatable bonds is 3. The Morgan fingerprint density at radius 1 is 1.04 bits per heavy atom. The number of aromatic nitrogens is 4. The van der Waals surface area contributed by atoms with Crippen molar-refractivity contribution in [1.82, 2.24) is 19.7 Å². The van der Waals surface area contributed by atoms with Crippen molar-refractivity contribution >= 4 is 40.1 Å². The Balaban J connectivity index is 1.86. The van der Waals surface area contributed by atoms with Crippen LogP contribution in [-0.2, 0) is 6.54 Å². The quantitative estimate of drug-likeness (QED) is 0.554. The van der Waals surface area contributed by atoms with E-state index in [4.69, 9.17) is 33.9 Å². The largest absolute Gasteiger partial charge is 0.382 e. The van der Waals surface area contributed by atoms with Crippen molar-refractivity contribution in [3.05, 3.63) is 69.8 Å². The number of halogens is 2. The van der Waals surface area contributed by atoms with Gasteiger partial charge in [-0.1, -0.05) is 59.6 Å². The normalized spacial score (nSPS) is 11.2. The maximum absolute atomic E-state index is 6.31. The summed E-state index contributed by atoms with van der Waals surface area (Å²) in [5.41, 5.74) is 9.41. The summed E-state index contributed by atoms with van der Waals surface area (Å²) in [5.74, 6) is 1.04. The van der Waals surface area contributed by atoms with Gasteiger partial charge in [0.15, 0.2) is 17.3 Å². The lowest BCUT2D eigenvalue weighted by molar-refractivity contribution is 0.707. The smallest absolute Gasteiger partial charge is 0.164 e. The molecule has 4 aromatic rings. The monoisotopic (exact) mass is 383 g/mol. The molecule has 0 spiro atoms. The highest BCUT2D eigenvalue weighted by molar-refractivity contribution is 6.35. The molecule has 0 radical (unpaired) electrons. The van der Waals surface area contributed by atoms with Crippen molar-refractivity contribution in [3.63, 3.8) is 0 Å². The Morgan fingerprint density at radius 3 is 2.54 bits per heavy atom. The van der Waals surface area contributed by atoms with E-state index in [9.17, 15) is 0 Å². The lowest BCUT2D eigenvalue weighted by atomic mass is 10.2. The van der Waals surface area contributed by atoms with E-state index >= 15 is 0 Å². The van der Waals surface area contributed by atoms with Crippen LogP contribution in [0.4, 0.5) is 5.82 Å². The maximum atomic E-state index is 6.31. The van der Waals surface area contributed by atoms with Gasteiger partial charge in [-0.2, -0.15) is 5.10 Å². The van der Waals surface area contributed by atoms with Crippen molar-refractivity contribution in [1.29, 1.82) is 0 Å². The highest BCUT2D eigenvalue weighted by atomic mass is 35.5. The molecule has 0 fully saturated rings. The fourth-order valence-corrected chi connectivity index (χ4v) is 3.38. The summed E-state index contributed by atoms with van der Waals surface area (Å²) in [6.45, 7) is 2.35. The molecular weight excluding hydrogens is 369 g/mol. The van der Waals surface area contributed by atoms with Crippen LogP contribution in [-0.4, -0.2) is 19.7 Å². The van der Waals surface area contributed by atoms with Gasteiger partial charge in [-0.05, 0) is 24.6 Å². The minimum atomic E-state index is 0.405. The molecule has 2 aromatic heterocycles. The average Bonchev–Trinajstić information content (AvgIpc) is 2.94. The van der Waals surface area contributed by atoms with Crippen molar-refractivity contribution in [2.24, 2.45) is 0 Å². The van der Waals surface area contributed by atoms with Gasteiger partial charge in [0, 0.05) is 15.6 Å². The molecule has 130 valence electrons. The van der Waals surface area contributed by atoms with E-state index in [-0.39, 0.29) is 0 Å². The van der Waals surface area contributed by atoms with Crippen LogP contribution in [0.5, 0.6) is 0 Å². The second-order valence-electron chi connectivity index (χ2n) is 5.98. The Kier molecular flexibility index (Phi) is 4.26. The molecule has 0 amide bonds. The fourth-order valence-electron chi connectivity index (χ4n) is 2.91. The van der Waals surface area contributed by atoms with Crippen LogP contribution in [0.2, 0.25) is 10.0 Å². The minimum Gasteiger partial charge on any atom is -0.382 e. The van der Waals surface area contributed by atoms with Crippen LogP contribution in [0.15, 0.2) is 48.5 Å². The number of anilines is 1. The molecule has 0 unspecified atom stereocenters. The molecule has 0 aliphatic heterocycles. The highest BCUT2D eigenvalue weighted by Gasteiger charge is 2.16. The van der Waals surface area contributed by atoms with Crippen molar-refractivity contribution in [2.45, 2.75) is 13.5 Å². The Bertz CT molecular complexity index is 1110. The molecule has 4 rings (SSSR count). The summed E-state index contributed by atoms with van der Waals surface area (Å²) in [7, 11) is 0. The second-order valence-corrected chi connectivity index (χ2v) is 6.82. The first-order chi connectivity index (χ1) is 12.5. The SMILES string of the molecule is Cc1nc(-c2ccccc2)nc2c1c(N)nn2Cc1ccc(Cl)cc1Cl. The van der Waals surface area contributed by atoms with Crippen molar-refractivity contribution in [3.8, 4) is 11.4 Å². The number of hydrogen-bond acceptors (Lipinski definition) is 4. The van der Waals surface area contributed by atoms with Gasteiger partial charge in [0.05, 0.1) is 17.6 Å². The van der Waals surface area contributed by atoms with Gasteiger partial charge in [0.25, 0.3) is 0 Å². The predicted octanol–water partition coefficient (Wildman–Crippen LogP) is 4.74. The van der Waals surface area contributed by atoms with Crippen molar-refractivity contribution in [2.75, 3.05) is 5.73 Å². The summed E-state index contributed by atoms with van der Waals surface area (Å²) >= 11 is 12.3. The number of nitrogens with two attached hydrogens (primary N) is 1. The summed E-state index contributed by atoms with van der Waals surface area (Å²) in [5, 5.41) is 6.37. The molecule has 5 nitrogen and oxygen atoms in total. The van der Waals surface area contributed by atoms with E-state index in [1.54, 1.807) is 16.8 Å². The molecule has 0 bridgehead atoms. The third-order valence-corrected chi connectivity index (χ3v) is 4.75. The van der Waals surface area contributed by atoms with E-state index in [0.717, 1.165) is 22.2 Å². The topological polar surface area (TPSA) is 69.6 Å². The molecule has 2 heterocycles. The maximum Gasteiger partial charge on any atom is 0.164 e. The second kappa shape index (κ2) is 6.59. The number of benzene rings is 2. The first-order valence-corrected chi connectivity index (χ1v) is 8.78. The van der Waals surface area contributed by atoms with Gasteiger partial charge in [-0.15, -0.1) is 0 Å². The molecule has 7 heteroatoms. The van der Waals surface area contributed by atoms with Gasteiger partial charge < -0.3 is 5.73 Å². The number of aryl methyl sites for hydroxylation is 1. The average molecular weight is 384 g/mol. The number of nitrogen functional groups attached to an aromatic ring is 1. The molecule has 0 atom stereocenters. The van der Waals surface area contributed by atoms with E-state index < -0.39 is 0 Å². The van der Waals surface area contributed by atoms with E-state index in [1.165, 1.54) is 0 Å². The zero-order valence-electron chi connectivity index (χ0n) is 13.9. The highest BCUT2D eigenvalue weighted by Crippen LogP contribution is 2.27. The summed E-state index contributed by atoms with van der Waals surface area (Å²) in [4.78, 5) is 9.30. The number of hydrogen-bond donors (Lipinski definition) is 1. The number of fused-ring (bicyclic) bond motifs is 1. The minimum absolute atomic E-state index is 0.405. The van der Waals surface area contributed by atoms with Gasteiger partial charge in [0.2, 0.25) is 0 Å². The number of nitrogens with zero attached hydrogens (tertiary/aromatic N) is 4. The molecule has 2 aromatic carbocycles. The van der Waals surface area contributed by atoms with E-state index in [2.05, 4.69) is 10.1 Å². The van der Waals surface area contributed by atoms with Crippen LogP contribution < -0.4 is 5.73 Å².